The monoisotopic (exact) mass is 349 g/mol. The number of amides is 1. The Morgan fingerprint density at radius 1 is 1.19 bits per heavy atom. The number of hydrogen-bond donors (Lipinski definition) is 5. The first-order valence-electron chi connectivity index (χ1n) is 8.42. The van der Waals surface area contributed by atoms with E-state index in [1.54, 1.807) is 0 Å². The zero-order chi connectivity index (χ0) is 18.1. The van der Waals surface area contributed by atoms with Crippen molar-refractivity contribution in [2.45, 2.75) is 6.10 Å². The second-order valence-electron chi connectivity index (χ2n) is 6.28. The highest BCUT2D eigenvalue weighted by atomic mass is 16.3. The van der Waals surface area contributed by atoms with Crippen LogP contribution in [0, 0.1) is 0 Å². The van der Waals surface area contributed by atoms with Crippen molar-refractivity contribution >= 4 is 39.8 Å². The number of aromatic amines is 1. The van der Waals surface area contributed by atoms with Crippen LogP contribution in [0.2, 0.25) is 0 Å². The van der Waals surface area contributed by atoms with Crippen molar-refractivity contribution in [2.24, 2.45) is 0 Å². The molecule has 0 fully saturated rings. The highest BCUT2D eigenvalue weighted by molar-refractivity contribution is 6.35. The second kappa shape index (κ2) is 6.67. The van der Waals surface area contributed by atoms with Crippen LogP contribution in [0.1, 0.15) is 11.1 Å². The molecule has 0 saturated carbocycles. The van der Waals surface area contributed by atoms with Crippen LogP contribution in [-0.2, 0) is 4.79 Å². The SMILES string of the molecule is O=C1Nc2ccccc2/C1=C\c1c[nH]c2ccc(NCC(O)CO)cc12. The number of aliphatic hydroxyl groups excluding tert-OH is 2. The molecular weight excluding hydrogens is 330 g/mol. The van der Waals surface area contributed by atoms with Crippen molar-refractivity contribution in [3.63, 3.8) is 0 Å². The predicted molar refractivity (Wildman–Crippen MR) is 103 cm³/mol. The summed E-state index contributed by atoms with van der Waals surface area (Å²) in [6.45, 7) is -0.0239. The third kappa shape index (κ3) is 2.96. The van der Waals surface area contributed by atoms with Crippen LogP contribution in [-0.4, -0.2) is 40.4 Å². The number of fused-ring (bicyclic) bond motifs is 2. The van der Waals surface area contributed by atoms with E-state index < -0.39 is 6.10 Å². The average molecular weight is 349 g/mol. The lowest BCUT2D eigenvalue weighted by molar-refractivity contribution is -0.110. The van der Waals surface area contributed by atoms with Crippen LogP contribution in [0.15, 0.2) is 48.7 Å². The summed E-state index contributed by atoms with van der Waals surface area (Å²) >= 11 is 0. The number of rotatable bonds is 5. The fraction of sp³-hybridized carbons (Fsp3) is 0.150. The summed E-state index contributed by atoms with van der Waals surface area (Å²) in [5, 5.41) is 25.4. The molecule has 2 heterocycles. The molecule has 6 nitrogen and oxygen atoms in total. The van der Waals surface area contributed by atoms with E-state index in [1.807, 2.05) is 54.7 Å². The van der Waals surface area contributed by atoms with Crippen LogP contribution < -0.4 is 10.6 Å². The van der Waals surface area contributed by atoms with E-state index in [-0.39, 0.29) is 19.1 Å². The van der Waals surface area contributed by atoms with Gasteiger partial charge in [-0.25, -0.2) is 0 Å². The number of carbonyl (C=O) groups is 1. The van der Waals surface area contributed by atoms with Gasteiger partial charge in [0.2, 0.25) is 0 Å². The number of nitrogens with one attached hydrogen (secondary N) is 3. The minimum Gasteiger partial charge on any atom is -0.394 e. The lowest BCUT2D eigenvalue weighted by atomic mass is 10.0. The molecule has 0 saturated heterocycles. The molecular formula is C20H19N3O3. The van der Waals surface area contributed by atoms with E-state index in [0.29, 0.717) is 5.57 Å². The molecule has 0 radical (unpaired) electrons. The molecule has 3 aromatic rings. The van der Waals surface area contributed by atoms with E-state index in [9.17, 15) is 9.90 Å². The van der Waals surface area contributed by atoms with Crippen LogP contribution in [0.25, 0.3) is 22.6 Å². The average Bonchev–Trinajstić information content (AvgIpc) is 3.21. The molecule has 6 heteroatoms. The van der Waals surface area contributed by atoms with Gasteiger partial charge in [0.1, 0.15) is 0 Å². The number of aromatic nitrogens is 1. The topological polar surface area (TPSA) is 97.4 Å². The Kier molecular flexibility index (Phi) is 4.20. The van der Waals surface area contributed by atoms with Gasteiger partial charge in [0, 0.05) is 51.7 Å². The molecule has 132 valence electrons. The Labute approximate surface area is 150 Å². The molecule has 0 aliphatic carbocycles. The number of hydrogen-bond acceptors (Lipinski definition) is 4. The van der Waals surface area contributed by atoms with Crippen molar-refractivity contribution in [2.75, 3.05) is 23.8 Å². The van der Waals surface area contributed by atoms with Crippen molar-refractivity contribution in [3.8, 4) is 0 Å². The van der Waals surface area contributed by atoms with Gasteiger partial charge in [-0.2, -0.15) is 0 Å². The summed E-state index contributed by atoms with van der Waals surface area (Å²) in [7, 11) is 0. The molecule has 0 bridgehead atoms. The van der Waals surface area contributed by atoms with E-state index >= 15 is 0 Å². The summed E-state index contributed by atoms with van der Waals surface area (Å²) in [6.07, 6.45) is 2.95. The minimum absolute atomic E-state index is 0.110. The van der Waals surface area contributed by atoms with Crippen LogP contribution >= 0.6 is 0 Å². The van der Waals surface area contributed by atoms with Crippen LogP contribution in [0.4, 0.5) is 11.4 Å². The Bertz CT molecular complexity index is 1010. The molecule has 1 aliphatic rings. The van der Waals surface area contributed by atoms with Crippen molar-refractivity contribution in [3.05, 3.63) is 59.8 Å². The van der Waals surface area contributed by atoms with Crippen LogP contribution in [0.3, 0.4) is 0 Å². The smallest absolute Gasteiger partial charge is 0.256 e. The molecule has 2 aromatic carbocycles. The number of aliphatic hydroxyl groups is 2. The summed E-state index contributed by atoms with van der Waals surface area (Å²) in [4.78, 5) is 15.5. The minimum atomic E-state index is -0.808. The van der Waals surface area contributed by atoms with Crippen LogP contribution in [0.5, 0.6) is 0 Å². The number of anilines is 2. The lowest BCUT2D eigenvalue weighted by Crippen LogP contribution is -2.22. The van der Waals surface area contributed by atoms with Gasteiger partial charge in [-0.3, -0.25) is 4.79 Å². The highest BCUT2D eigenvalue weighted by Crippen LogP contribution is 2.34. The van der Waals surface area contributed by atoms with Crippen molar-refractivity contribution in [1.82, 2.24) is 4.98 Å². The summed E-state index contributed by atoms with van der Waals surface area (Å²) in [5.41, 5.74) is 5.05. The van der Waals surface area contributed by atoms with Gasteiger partial charge in [-0.1, -0.05) is 18.2 Å². The molecule has 1 aromatic heterocycles. The summed E-state index contributed by atoms with van der Waals surface area (Å²) in [5.74, 6) is -0.110. The maximum absolute atomic E-state index is 12.3. The Morgan fingerprint density at radius 3 is 2.88 bits per heavy atom. The molecule has 1 amide bonds. The van der Waals surface area contributed by atoms with Gasteiger partial charge in [-0.05, 0) is 30.3 Å². The zero-order valence-electron chi connectivity index (χ0n) is 14.0. The maximum atomic E-state index is 12.3. The summed E-state index contributed by atoms with van der Waals surface area (Å²) in [6, 6.07) is 13.4. The van der Waals surface area contributed by atoms with Gasteiger partial charge in [-0.15, -0.1) is 0 Å². The normalized spacial score (nSPS) is 15.9. The third-order valence-electron chi connectivity index (χ3n) is 4.48. The molecule has 26 heavy (non-hydrogen) atoms. The molecule has 1 atom stereocenters. The molecule has 5 N–H and O–H groups in total. The zero-order valence-corrected chi connectivity index (χ0v) is 14.0. The first kappa shape index (κ1) is 16.4. The first-order chi connectivity index (χ1) is 12.7. The fourth-order valence-electron chi connectivity index (χ4n) is 3.11. The van der Waals surface area contributed by atoms with Gasteiger partial charge >= 0.3 is 0 Å². The molecule has 0 spiro atoms. The fourth-order valence-corrected chi connectivity index (χ4v) is 3.11. The molecule has 1 unspecified atom stereocenters. The van der Waals surface area contributed by atoms with E-state index in [1.165, 1.54) is 0 Å². The number of carbonyl (C=O) groups excluding carboxylic acids is 1. The third-order valence-corrected chi connectivity index (χ3v) is 4.48. The standard InChI is InChI=1S/C20H19N3O3/c24-11-14(25)10-21-13-5-6-18-16(8-13)12(9-22-18)7-17-15-3-1-2-4-19(15)23-20(17)26/h1-9,14,21-22,24-25H,10-11H2,(H,23,26)/b17-7+. The van der Waals surface area contributed by atoms with E-state index in [2.05, 4.69) is 15.6 Å². The lowest BCUT2D eigenvalue weighted by Gasteiger charge is -2.10. The van der Waals surface area contributed by atoms with Gasteiger partial charge in [0.15, 0.2) is 0 Å². The number of H-pyrrole nitrogens is 1. The Balaban J connectivity index is 1.70. The quantitative estimate of drug-likeness (QED) is 0.457. The Morgan fingerprint density at radius 2 is 2.04 bits per heavy atom. The molecule has 1 aliphatic heterocycles. The van der Waals surface area contributed by atoms with Gasteiger partial charge < -0.3 is 25.8 Å². The molecule has 4 rings (SSSR count). The van der Waals surface area contributed by atoms with Gasteiger partial charge in [0.05, 0.1) is 12.7 Å². The Hall–Kier alpha value is -3.09. The maximum Gasteiger partial charge on any atom is 0.256 e. The number of para-hydroxylation sites is 1. The predicted octanol–water partition coefficient (Wildman–Crippen LogP) is 2.43. The van der Waals surface area contributed by atoms with E-state index in [4.69, 9.17) is 5.11 Å². The number of benzene rings is 2. The largest absolute Gasteiger partial charge is 0.394 e. The van der Waals surface area contributed by atoms with Crippen molar-refractivity contribution in [1.29, 1.82) is 0 Å². The van der Waals surface area contributed by atoms with E-state index in [0.717, 1.165) is 33.4 Å². The summed E-state index contributed by atoms with van der Waals surface area (Å²) < 4.78 is 0. The first-order valence-corrected chi connectivity index (χ1v) is 8.42. The van der Waals surface area contributed by atoms with Crippen molar-refractivity contribution < 1.29 is 15.0 Å². The second-order valence-corrected chi connectivity index (χ2v) is 6.28. The highest BCUT2D eigenvalue weighted by Gasteiger charge is 2.23. The van der Waals surface area contributed by atoms with Gasteiger partial charge in [0.25, 0.3) is 5.91 Å².